The number of benzene rings is 4. The van der Waals surface area contributed by atoms with E-state index in [-0.39, 0.29) is 37.0 Å². The Bertz CT molecular complexity index is 1660. The maximum atomic E-state index is 2.28. The molecule has 0 bridgehead atoms. The van der Waals surface area contributed by atoms with Crippen molar-refractivity contribution in [2.75, 3.05) is 0 Å². The molecule has 0 heterocycles. The van der Waals surface area contributed by atoms with Crippen LogP contribution >= 0.6 is 0 Å². The third-order valence-electron chi connectivity index (χ3n) is 8.41. The molecule has 0 saturated heterocycles. The van der Waals surface area contributed by atoms with E-state index in [4.69, 9.17) is 0 Å². The molecule has 0 spiro atoms. The Hall–Kier alpha value is -2.80. The van der Waals surface area contributed by atoms with Crippen LogP contribution in [0.5, 0.6) is 0 Å². The number of fused-ring (bicyclic) bond motifs is 2. The SMILES string of the molecule is CC[Si]CC.Cc1cc2c(-c3ccc(C(C)(C)C)cc3)cccc2[cH-]1.Cc1cc2c(-c3ccc(C(C)(C)C)cc3)cccc2[cH-]1.[Zr+2]. The van der Waals surface area contributed by atoms with Gasteiger partial charge in [0.1, 0.15) is 0 Å². The number of aryl methyl sites for hydroxylation is 2. The van der Waals surface area contributed by atoms with Crippen molar-refractivity contribution in [2.24, 2.45) is 0 Å². The first-order valence-corrected chi connectivity index (χ1v) is 18.0. The molecule has 2 radical (unpaired) electrons. The minimum Gasteiger partial charge on any atom is -0.165 e. The van der Waals surface area contributed by atoms with Crippen LogP contribution in [-0.2, 0) is 37.0 Å². The van der Waals surface area contributed by atoms with Gasteiger partial charge >= 0.3 is 26.2 Å². The Balaban J connectivity index is 0.000000215. The first-order chi connectivity index (χ1) is 21.3. The standard InChI is InChI=1S/2C20H21.C4H10Si.Zr/c2*1-14-12-16-6-5-7-18(19(16)13-14)15-8-10-17(11-9-15)20(2,3)4;1-3-5-4-2;/h2*5-13H,1-4H3;3-4H2,1-2H3;/q2*-1;;+2. The second kappa shape index (κ2) is 16.3. The molecule has 0 aromatic heterocycles. The molecule has 0 amide bonds. The smallest absolute Gasteiger partial charge is 0.165 e. The van der Waals surface area contributed by atoms with E-state index in [1.807, 2.05) is 0 Å². The molecule has 0 fully saturated rings. The summed E-state index contributed by atoms with van der Waals surface area (Å²) in [5.41, 5.74) is 11.1. The van der Waals surface area contributed by atoms with Gasteiger partial charge in [-0.3, -0.25) is 0 Å². The molecule has 6 rings (SSSR count). The Morgan fingerprint density at radius 1 is 0.522 bits per heavy atom. The molecular formula is C44H52SiZr. The monoisotopic (exact) mass is 698 g/mol. The molecule has 0 unspecified atom stereocenters. The fourth-order valence-electron chi connectivity index (χ4n) is 5.82. The summed E-state index contributed by atoms with van der Waals surface area (Å²) in [6, 6.07) is 42.9. The molecular weight excluding hydrogens is 648 g/mol. The second-order valence-corrected chi connectivity index (χ2v) is 16.2. The van der Waals surface area contributed by atoms with Gasteiger partial charge in [0.2, 0.25) is 0 Å². The first kappa shape index (κ1) is 37.7. The summed E-state index contributed by atoms with van der Waals surface area (Å²) in [4.78, 5) is 0. The zero-order valence-corrected chi connectivity index (χ0v) is 33.3. The van der Waals surface area contributed by atoms with Crippen molar-refractivity contribution in [2.45, 2.75) is 92.2 Å². The molecule has 6 aromatic rings. The summed E-state index contributed by atoms with van der Waals surface area (Å²) in [7, 11) is 1.20. The minimum absolute atomic E-state index is 0. The molecule has 0 N–H and O–H groups in total. The average molecular weight is 700 g/mol. The zero-order valence-electron chi connectivity index (χ0n) is 29.8. The van der Waals surface area contributed by atoms with Crippen molar-refractivity contribution in [3.8, 4) is 22.3 Å². The van der Waals surface area contributed by atoms with Crippen LogP contribution < -0.4 is 0 Å². The van der Waals surface area contributed by atoms with Crippen LogP contribution in [0.1, 0.15) is 77.6 Å². The van der Waals surface area contributed by atoms with Gasteiger partial charge in [0.25, 0.3) is 0 Å². The van der Waals surface area contributed by atoms with E-state index in [1.165, 1.54) is 87.7 Å². The van der Waals surface area contributed by atoms with Crippen LogP contribution in [0, 0.1) is 13.8 Å². The summed E-state index contributed by atoms with van der Waals surface area (Å²) in [6.45, 7) is 22.3. The third-order valence-corrected chi connectivity index (χ3v) is 9.41. The Morgan fingerprint density at radius 3 is 1.15 bits per heavy atom. The normalized spacial score (nSPS) is 11.3. The van der Waals surface area contributed by atoms with Crippen molar-refractivity contribution in [1.82, 2.24) is 0 Å². The largest absolute Gasteiger partial charge is 2.00 e. The van der Waals surface area contributed by atoms with Crippen molar-refractivity contribution in [1.29, 1.82) is 0 Å². The van der Waals surface area contributed by atoms with E-state index in [0.717, 1.165) is 0 Å². The van der Waals surface area contributed by atoms with Crippen molar-refractivity contribution < 1.29 is 26.2 Å². The fraction of sp³-hybridized carbons (Fsp3) is 0.318. The van der Waals surface area contributed by atoms with E-state index < -0.39 is 0 Å². The Labute approximate surface area is 301 Å². The molecule has 236 valence electrons. The van der Waals surface area contributed by atoms with E-state index >= 15 is 0 Å². The van der Waals surface area contributed by atoms with Crippen molar-refractivity contribution in [3.05, 3.63) is 131 Å². The van der Waals surface area contributed by atoms with Crippen LogP contribution in [0.2, 0.25) is 12.1 Å². The van der Waals surface area contributed by atoms with Gasteiger partial charge < -0.3 is 0 Å². The topological polar surface area (TPSA) is 0 Å². The summed E-state index contributed by atoms with van der Waals surface area (Å²) >= 11 is 0. The molecule has 2 heteroatoms. The van der Waals surface area contributed by atoms with Gasteiger partial charge in [-0.15, -0.1) is 69.1 Å². The van der Waals surface area contributed by atoms with Crippen LogP contribution in [-0.4, -0.2) is 9.52 Å². The summed E-state index contributed by atoms with van der Waals surface area (Å²) in [5.74, 6) is 0. The Kier molecular flexibility index (Phi) is 13.4. The van der Waals surface area contributed by atoms with Gasteiger partial charge in [-0.05, 0) is 33.1 Å². The van der Waals surface area contributed by atoms with Crippen molar-refractivity contribution >= 4 is 31.1 Å². The van der Waals surface area contributed by atoms with Gasteiger partial charge in [-0.1, -0.05) is 153 Å². The third kappa shape index (κ3) is 9.62. The first-order valence-electron chi connectivity index (χ1n) is 16.6. The molecule has 0 atom stereocenters. The predicted octanol–water partition coefficient (Wildman–Crippen LogP) is 13.2. The quantitative estimate of drug-likeness (QED) is 0.127. The van der Waals surface area contributed by atoms with E-state index in [9.17, 15) is 0 Å². The van der Waals surface area contributed by atoms with Gasteiger partial charge in [0, 0.05) is 9.52 Å². The molecule has 0 aliphatic rings. The minimum atomic E-state index is 0. The molecule has 6 aromatic carbocycles. The number of hydrogen-bond acceptors (Lipinski definition) is 0. The van der Waals surface area contributed by atoms with Crippen molar-refractivity contribution in [3.63, 3.8) is 0 Å². The molecule has 0 aliphatic carbocycles. The van der Waals surface area contributed by atoms with Gasteiger partial charge in [0.05, 0.1) is 0 Å². The van der Waals surface area contributed by atoms with Gasteiger partial charge in [-0.25, -0.2) is 0 Å². The molecule has 0 saturated carbocycles. The average Bonchev–Trinajstić information content (AvgIpc) is 3.58. The fourth-order valence-corrected chi connectivity index (χ4v) is 6.32. The van der Waals surface area contributed by atoms with E-state index in [0.29, 0.717) is 0 Å². The van der Waals surface area contributed by atoms with Crippen LogP contribution in [0.15, 0.2) is 109 Å². The maximum absolute atomic E-state index is 2.28. The second-order valence-electron chi connectivity index (χ2n) is 14.3. The van der Waals surface area contributed by atoms with Gasteiger partial charge in [-0.2, -0.15) is 12.1 Å². The van der Waals surface area contributed by atoms with Crippen LogP contribution in [0.25, 0.3) is 43.8 Å². The Morgan fingerprint density at radius 2 is 0.870 bits per heavy atom. The predicted molar refractivity (Wildman–Crippen MR) is 204 cm³/mol. The molecule has 0 aliphatic heterocycles. The van der Waals surface area contributed by atoms with Crippen LogP contribution in [0.4, 0.5) is 0 Å². The number of rotatable bonds is 4. The summed E-state index contributed by atoms with van der Waals surface area (Å²) in [5, 5.41) is 5.38. The summed E-state index contributed by atoms with van der Waals surface area (Å²) < 4.78 is 0. The van der Waals surface area contributed by atoms with E-state index in [2.05, 4.69) is 178 Å². The number of hydrogen-bond donors (Lipinski definition) is 0. The van der Waals surface area contributed by atoms with Crippen LogP contribution in [0.3, 0.4) is 0 Å². The molecule has 46 heavy (non-hydrogen) atoms. The van der Waals surface area contributed by atoms with E-state index in [1.54, 1.807) is 0 Å². The molecule has 0 nitrogen and oxygen atoms in total. The zero-order chi connectivity index (χ0) is 32.8. The summed E-state index contributed by atoms with van der Waals surface area (Å²) in [6.07, 6.45) is 0. The van der Waals surface area contributed by atoms with Gasteiger partial charge in [0.15, 0.2) is 0 Å². The maximum Gasteiger partial charge on any atom is 2.00 e.